The second kappa shape index (κ2) is 11.4. The van der Waals surface area contributed by atoms with Gasteiger partial charge in [0, 0.05) is 18.2 Å². The first kappa shape index (κ1) is 29.0. The number of aromatic hydroxyl groups is 3. The van der Waals surface area contributed by atoms with E-state index in [0.717, 1.165) is 12.1 Å². The van der Waals surface area contributed by atoms with Gasteiger partial charge in [0.15, 0.2) is 11.5 Å². The van der Waals surface area contributed by atoms with E-state index < -0.39 is 80.0 Å². The van der Waals surface area contributed by atoms with E-state index in [-0.39, 0.29) is 39.5 Å². The average Bonchev–Trinajstić information content (AvgIpc) is 3.22. The molecule has 2 aliphatic heterocycles. The van der Waals surface area contributed by atoms with E-state index in [2.05, 4.69) is 0 Å². The van der Waals surface area contributed by atoms with Crippen molar-refractivity contribution in [1.82, 2.24) is 0 Å². The monoisotopic (exact) mass is 581 g/mol. The molecule has 10 N–H and O–H groups in total. The summed E-state index contributed by atoms with van der Waals surface area (Å²) in [4.78, 5) is 0. The molecule has 0 spiro atoms. The third-order valence-corrected chi connectivity index (χ3v) is 6.87. The molecule has 0 radical (unpaired) electrons. The normalized spacial score (nSPS) is 31.8. The Bertz CT molecular complexity index is 1400. The highest BCUT2D eigenvalue weighted by Crippen LogP contribution is 2.43. The van der Waals surface area contributed by atoms with E-state index in [1.54, 1.807) is 0 Å². The molecule has 15 heteroatoms. The van der Waals surface area contributed by atoms with Gasteiger partial charge in [-0.3, -0.25) is 0 Å². The van der Waals surface area contributed by atoms with Crippen LogP contribution in [0.25, 0.3) is 22.3 Å². The van der Waals surface area contributed by atoms with Gasteiger partial charge in [0.2, 0.25) is 18.3 Å². The molecule has 1 aromatic heterocycles. The van der Waals surface area contributed by atoms with Crippen LogP contribution in [0.2, 0.25) is 0 Å². The van der Waals surface area contributed by atoms with Crippen LogP contribution < -0.4 is 9.47 Å². The lowest BCUT2D eigenvalue weighted by Gasteiger charge is -2.39. The van der Waals surface area contributed by atoms with Gasteiger partial charge in [0.05, 0.1) is 24.8 Å². The predicted octanol–water partition coefficient (Wildman–Crippen LogP) is -1.51. The number of phenols is 3. The van der Waals surface area contributed by atoms with Crippen LogP contribution in [-0.4, -0.2) is 120 Å². The second-order valence-electron chi connectivity index (χ2n) is 9.64. The minimum Gasteiger partial charge on any atom is -0.507 e. The van der Waals surface area contributed by atoms with E-state index >= 15 is 0 Å². The zero-order chi connectivity index (χ0) is 29.6. The fourth-order valence-electron chi connectivity index (χ4n) is 4.60. The number of aliphatic hydroxyl groups excluding tert-OH is 7. The zero-order valence-electron chi connectivity index (χ0n) is 21.1. The summed E-state index contributed by atoms with van der Waals surface area (Å²) >= 11 is 0. The van der Waals surface area contributed by atoms with Crippen molar-refractivity contribution in [2.45, 2.75) is 55.3 Å². The molecule has 0 unspecified atom stereocenters. The van der Waals surface area contributed by atoms with Crippen LogP contribution in [0.3, 0.4) is 0 Å². The lowest BCUT2D eigenvalue weighted by Crippen LogP contribution is -2.60. The first-order valence-corrected chi connectivity index (χ1v) is 12.4. The van der Waals surface area contributed by atoms with Crippen molar-refractivity contribution in [1.29, 1.82) is 0 Å². The maximum Gasteiger partial charge on any atom is 0.402 e. The fraction of sp³-hybridized carbons (Fsp3) is 0.423. The predicted molar refractivity (Wildman–Crippen MR) is 134 cm³/mol. The lowest BCUT2D eigenvalue weighted by molar-refractivity contribution is -0.277. The summed E-state index contributed by atoms with van der Waals surface area (Å²) in [5.41, 5.74) is 0.143. The average molecular weight is 582 g/mol. The van der Waals surface area contributed by atoms with Crippen LogP contribution in [0.1, 0.15) is 0 Å². The van der Waals surface area contributed by atoms with Crippen molar-refractivity contribution in [3.8, 4) is 40.1 Å². The van der Waals surface area contributed by atoms with Gasteiger partial charge in [-0.15, -0.1) is 0 Å². The maximum absolute atomic E-state index is 10.4. The van der Waals surface area contributed by atoms with Crippen LogP contribution >= 0.6 is 0 Å². The van der Waals surface area contributed by atoms with Gasteiger partial charge >= 0.3 is 11.3 Å². The largest absolute Gasteiger partial charge is 0.507 e. The highest BCUT2D eigenvalue weighted by molar-refractivity contribution is 5.89. The molecule has 2 aliphatic rings. The highest BCUT2D eigenvalue weighted by atomic mass is 16.7. The van der Waals surface area contributed by atoms with Gasteiger partial charge in [-0.2, -0.15) is 0 Å². The molecule has 2 saturated heterocycles. The molecular weight excluding hydrogens is 552 g/mol. The number of phenolic OH excluding ortho intramolecular Hbond substituents is 3. The summed E-state index contributed by atoms with van der Waals surface area (Å²) in [6.45, 7) is -1.32. The molecule has 0 aliphatic carbocycles. The van der Waals surface area contributed by atoms with Crippen molar-refractivity contribution < 1.29 is 74.4 Å². The van der Waals surface area contributed by atoms with Crippen molar-refractivity contribution in [3.05, 3.63) is 36.4 Å². The van der Waals surface area contributed by atoms with Gasteiger partial charge in [-0.25, -0.2) is 4.42 Å². The Labute approximate surface area is 230 Å². The molecule has 0 saturated carbocycles. The van der Waals surface area contributed by atoms with Crippen LogP contribution in [0.4, 0.5) is 0 Å². The van der Waals surface area contributed by atoms with Crippen LogP contribution in [0.5, 0.6) is 28.7 Å². The van der Waals surface area contributed by atoms with Gasteiger partial charge in [-0.05, 0) is 12.1 Å². The molecular formula is C26H29O15+. The van der Waals surface area contributed by atoms with Crippen molar-refractivity contribution >= 4 is 11.0 Å². The molecule has 3 aromatic rings. The number of hydrogen-bond donors (Lipinski definition) is 10. The number of benzene rings is 2. The minimum atomic E-state index is -1.77. The lowest BCUT2D eigenvalue weighted by atomic mass is 9.99. The van der Waals surface area contributed by atoms with E-state index in [9.17, 15) is 51.1 Å². The Morgan fingerprint density at radius 2 is 1.24 bits per heavy atom. The molecule has 41 heavy (non-hydrogen) atoms. The Morgan fingerprint density at radius 3 is 1.85 bits per heavy atom. The van der Waals surface area contributed by atoms with Crippen LogP contribution in [0, 0.1) is 0 Å². The van der Waals surface area contributed by atoms with Crippen LogP contribution in [-0.2, 0) is 9.47 Å². The molecule has 0 amide bonds. The van der Waals surface area contributed by atoms with Crippen molar-refractivity contribution in [2.75, 3.05) is 13.2 Å². The Kier molecular flexibility index (Phi) is 8.06. The Balaban J connectivity index is 1.60. The first-order valence-electron chi connectivity index (χ1n) is 12.4. The molecule has 2 aromatic carbocycles. The molecule has 15 nitrogen and oxygen atoms in total. The molecule has 0 bridgehead atoms. The number of hydrogen-bond acceptors (Lipinski definition) is 14. The SMILES string of the molecule is OC[C@H]1O[C@@H](Oc2cc(O)cc3[o+]c(-c4ccc(O)c(O)c4)c(O[C@H]4O[C@H](CO)[C@@H](O)[C@@H]4O)cc23)[C@H](O)[C@@H](O)[C@@H]1O. The summed E-state index contributed by atoms with van der Waals surface area (Å²) in [5.74, 6) is -1.69. The van der Waals surface area contributed by atoms with E-state index in [0.29, 0.717) is 0 Å². The Morgan fingerprint density at radius 1 is 0.659 bits per heavy atom. The molecule has 5 rings (SSSR count). The number of fused-ring (bicyclic) bond motifs is 1. The summed E-state index contributed by atoms with van der Waals surface area (Å²) in [6.07, 6.45) is -13.7. The molecule has 222 valence electrons. The summed E-state index contributed by atoms with van der Waals surface area (Å²) < 4.78 is 28.4. The number of ether oxygens (including phenoxy) is 4. The van der Waals surface area contributed by atoms with Crippen molar-refractivity contribution in [2.24, 2.45) is 0 Å². The fourth-order valence-corrected chi connectivity index (χ4v) is 4.60. The first-order chi connectivity index (χ1) is 19.5. The topological polar surface area (TPSA) is 251 Å². The second-order valence-corrected chi connectivity index (χ2v) is 9.64. The molecule has 3 heterocycles. The molecule has 9 atom stereocenters. The molecule has 2 fully saturated rings. The smallest absolute Gasteiger partial charge is 0.402 e. The summed E-state index contributed by atoms with van der Waals surface area (Å²) in [7, 11) is 0. The van der Waals surface area contributed by atoms with E-state index in [4.69, 9.17) is 23.4 Å². The number of rotatable bonds is 7. The quantitative estimate of drug-likeness (QED) is 0.113. The van der Waals surface area contributed by atoms with Crippen LogP contribution in [0.15, 0.2) is 40.8 Å². The van der Waals surface area contributed by atoms with Crippen molar-refractivity contribution in [3.63, 3.8) is 0 Å². The standard InChI is InChI=1S/C26H28O15/c27-7-17-19(32)21(34)23(36)26(40-17)38-15-5-10(29)4-14-11(15)6-16(39-25-22(35)20(33)18(8-28)41-25)24(37-14)9-1-2-12(30)13(31)3-9/h1-6,17-23,25-28,32-36H,7-8H2,(H2-,29,30,31)/p+1/t17-,18-,19-,20-,21+,22+,23-,25+,26-/m1/s1. The summed E-state index contributed by atoms with van der Waals surface area (Å²) in [5, 5.41) is 100. The third-order valence-electron chi connectivity index (χ3n) is 6.87. The van der Waals surface area contributed by atoms with E-state index in [1.807, 2.05) is 0 Å². The maximum atomic E-state index is 10.4. The summed E-state index contributed by atoms with van der Waals surface area (Å²) in [6, 6.07) is 7.36. The minimum absolute atomic E-state index is 0.0272. The van der Waals surface area contributed by atoms with Gasteiger partial charge in [-0.1, -0.05) is 0 Å². The van der Waals surface area contributed by atoms with Gasteiger partial charge in [0.1, 0.15) is 59.6 Å². The Hall–Kier alpha value is -3.51. The number of aliphatic hydroxyl groups is 7. The van der Waals surface area contributed by atoms with E-state index in [1.165, 1.54) is 24.3 Å². The van der Waals surface area contributed by atoms with Gasteiger partial charge in [0.25, 0.3) is 0 Å². The third kappa shape index (κ3) is 5.42. The zero-order valence-corrected chi connectivity index (χ0v) is 21.1. The highest BCUT2D eigenvalue weighted by Gasteiger charge is 2.46. The van der Waals surface area contributed by atoms with Gasteiger partial charge < -0.3 is 70.0 Å².